The summed E-state index contributed by atoms with van der Waals surface area (Å²) in [4.78, 5) is 0. The second-order valence-electron chi connectivity index (χ2n) is 12.7. The zero-order valence-corrected chi connectivity index (χ0v) is 24.7. The number of epoxide rings is 2. The Bertz CT molecular complexity index is 944. The zero-order chi connectivity index (χ0) is 27.1. The van der Waals surface area contributed by atoms with Crippen LogP contribution in [0.3, 0.4) is 0 Å². The van der Waals surface area contributed by atoms with Gasteiger partial charge in [0.05, 0.1) is 13.2 Å². The minimum atomic E-state index is -0.184. The van der Waals surface area contributed by atoms with Crippen molar-refractivity contribution in [2.45, 2.75) is 111 Å². The van der Waals surface area contributed by atoms with Gasteiger partial charge < -0.3 is 18.9 Å². The molecule has 0 aromatic heterocycles. The molecule has 0 N–H and O–H groups in total. The van der Waals surface area contributed by atoms with E-state index in [9.17, 15) is 0 Å². The van der Waals surface area contributed by atoms with Crippen LogP contribution in [0.4, 0.5) is 0 Å². The number of hydrogen-bond acceptors (Lipinski definition) is 4. The maximum atomic E-state index is 6.40. The normalized spacial score (nSPS) is 19.3. The van der Waals surface area contributed by atoms with E-state index in [1.54, 1.807) is 0 Å². The minimum Gasteiger partial charge on any atom is -0.490 e. The molecule has 37 heavy (non-hydrogen) atoms. The second-order valence-corrected chi connectivity index (χ2v) is 12.7. The molecule has 0 amide bonds. The Balaban J connectivity index is 1.81. The molecule has 2 aromatic rings. The quantitative estimate of drug-likeness (QED) is 0.272. The standard InChI is InChI=1S/C33H48O4/c1-19(2)27-11-23(12-28(20(3)4)31(27)36-17-25-15-34-25)33(9,10)24-13-29(21(5)6)32(30(14-24)22(7)8)37-18-26-16-35-26/h11-14,19-22,25-26H,15-18H2,1-10H3. The van der Waals surface area contributed by atoms with Crippen molar-refractivity contribution in [3.05, 3.63) is 57.6 Å². The highest BCUT2D eigenvalue weighted by Crippen LogP contribution is 2.44. The van der Waals surface area contributed by atoms with Gasteiger partial charge in [-0.3, -0.25) is 0 Å². The zero-order valence-electron chi connectivity index (χ0n) is 24.7. The summed E-state index contributed by atoms with van der Waals surface area (Å²) in [6.45, 7) is 25.7. The fourth-order valence-electron chi connectivity index (χ4n) is 4.97. The smallest absolute Gasteiger partial charge is 0.126 e. The molecule has 0 bridgehead atoms. The Morgan fingerprint density at radius 1 is 0.622 bits per heavy atom. The van der Waals surface area contributed by atoms with Crippen LogP contribution in [-0.2, 0) is 14.9 Å². The third kappa shape index (κ3) is 6.34. The summed E-state index contributed by atoms with van der Waals surface area (Å²) < 4.78 is 23.7. The molecule has 0 radical (unpaired) electrons. The van der Waals surface area contributed by atoms with Crippen LogP contribution in [0.1, 0.15) is 126 Å². The maximum Gasteiger partial charge on any atom is 0.126 e. The summed E-state index contributed by atoms with van der Waals surface area (Å²) in [6.07, 6.45) is 0.486. The first-order valence-electron chi connectivity index (χ1n) is 14.3. The Labute approximate surface area is 225 Å². The van der Waals surface area contributed by atoms with Crippen LogP contribution in [0, 0.1) is 0 Å². The van der Waals surface area contributed by atoms with Crippen LogP contribution in [0.5, 0.6) is 11.5 Å². The number of benzene rings is 2. The predicted molar refractivity (Wildman–Crippen MR) is 152 cm³/mol. The molecule has 4 rings (SSSR count). The van der Waals surface area contributed by atoms with E-state index in [4.69, 9.17) is 18.9 Å². The topological polar surface area (TPSA) is 43.5 Å². The van der Waals surface area contributed by atoms with Gasteiger partial charge in [-0.2, -0.15) is 0 Å². The molecular weight excluding hydrogens is 460 g/mol. The first-order chi connectivity index (χ1) is 17.4. The highest BCUT2D eigenvalue weighted by molar-refractivity contribution is 5.55. The van der Waals surface area contributed by atoms with E-state index in [0.717, 1.165) is 24.7 Å². The average molecular weight is 509 g/mol. The van der Waals surface area contributed by atoms with Gasteiger partial charge >= 0.3 is 0 Å². The number of hydrogen-bond donors (Lipinski definition) is 0. The summed E-state index contributed by atoms with van der Waals surface area (Å²) in [5, 5.41) is 0. The molecule has 2 atom stereocenters. The Morgan fingerprint density at radius 3 is 1.11 bits per heavy atom. The van der Waals surface area contributed by atoms with Crippen LogP contribution in [0.25, 0.3) is 0 Å². The lowest BCUT2D eigenvalue weighted by Gasteiger charge is -2.32. The van der Waals surface area contributed by atoms with Gasteiger partial charge in [-0.05, 0) is 57.1 Å². The van der Waals surface area contributed by atoms with Crippen molar-refractivity contribution in [3.63, 3.8) is 0 Å². The van der Waals surface area contributed by atoms with Crippen LogP contribution >= 0.6 is 0 Å². The van der Waals surface area contributed by atoms with Crippen molar-refractivity contribution in [3.8, 4) is 11.5 Å². The van der Waals surface area contributed by atoms with Gasteiger partial charge in [0, 0.05) is 5.41 Å². The molecule has 2 heterocycles. The summed E-state index contributed by atoms with van der Waals surface area (Å²) in [7, 11) is 0. The van der Waals surface area contributed by atoms with Crippen molar-refractivity contribution in [1.29, 1.82) is 0 Å². The molecule has 2 fully saturated rings. The summed E-state index contributed by atoms with van der Waals surface area (Å²) in [6, 6.07) is 9.55. The maximum absolute atomic E-state index is 6.40. The van der Waals surface area contributed by atoms with E-state index in [0.29, 0.717) is 36.9 Å². The van der Waals surface area contributed by atoms with Gasteiger partial charge in [0.1, 0.15) is 36.9 Å². The van der Waals surface area contributed by atoms with E-state index in [-0.39, 0.29) is 17.6 Å². The van der Waals surface area contributed by atoms with Crippen LogP contribution in [0.15, 0.2) is 24.3 Å². The lowest BCUT2D eigenvalue weighted by Crippen LogP contribution is -2.22. The van der Waals surface area contributed by atoms with Gasteiger partial charge in [-0.15, -0.1) is 0 Å². The Kier molecular flexibility index (Phi) is 8.30. The Hall–Kier alpha value is -2.04. The van der Waals surface area contributed by atoms with Gasteiger partial charge in [0.2, 0.25) is 0 Å². The fourth-order valence-corrected chi connectivity index (χ4v) is 4.97. The van der Waals surface area contributed by atoms with Crippen molar-refractivity contribution in [2.24, 2.45) is 0 Å². The molecular formula is C33H48O4. The molecule has 2 saturated heterocycles. The largest absolute Gasteiger partial charge is 0.490 e. The van der Waals surface area contributed by atoms with Crippen LogP contribution in [0.2, 0.25) is 0 Å². The highest BCUT2D eigenvalue weighted by Gasteiger charge is 2.32. The summed E-state index contributed by atoms with van der Waals surface area (Å²) >= 11 is 0. The number of rotatable bonds is 12. The van der Waals surface area contributed by atoms with Crippen molar-refractivity contribution in [2.75, 3.05) is 26.4 Å². The second kappa shape index (κ2) is 11.0. The molecule has 204 valence electrons. The molecule has 0 saturated carbocycles. The molecule has 0 spiro atoms. The highest BCUT2D eigenvalue weighted by atomic mass is 16.6. The van der Waals surface area contributed by atoms with Crippen LogP contribution in [-0.4, -0.2) is 38.6 Å². The molecule has 4 heteroatoms. The molecule has 2 aromatic carbocycles. The molecule has 4 nitrogen and oxygen atoms in total. The van der Waals surface area contributed by atoms with E-state index >= 15 is 0 Å². The van der Waals surface area contributed by atoms with Gasteiger partial charge in [0.15, 0.2) is 0 Å². The monoisotopic (exact) mass is 508 g/mol. The molecule has 2 unspecified atom stereocenters. The Morgan fingerprint density at radius 2 is 0.892 bits per heavy atom. The lowest BCUT2D eigenvalue weighted by atomic mass is 9.73. The first kappa shape index (κ1) is 28.0. The van der Waals surface area contributed by atoms with Gasteiger partial charge in [-0.25, -0.2) is 0 Å². The SMILES string of the molecule is CC(C)c1cc(C(C)(C)c2cc(C(C)C)c(OCC3CO3)c(C(C)C)c2)cc(C(C)C)c1OCC1CO1. The predicted octanol–water partition coefficient (Wildman–Crippen LogP) is 8.06. The fraction of sp³-hybridized carbons (Fsp3) is 0.636. The number of ether oxygens (including phenoxy) is 4. The first-order valence-corrected chi connectivity index (χ1v) is 14.3. The van der Waals surface area contributed by atoms with Crippen molar-refractivity contribution >= 4 is 0 Å². The lowest BCUT2D eigenvalue weighted by molar-refractivity contribution is 0.257. The summed E-state index contributed by atoms with van der Waals surface area (Å²) in [5.41, 5.74) is 7.62. The van der Waals surface area contributed by atoms with Gasteiger partial charge in [0.25, 0.3) is 0 Å². The minimum absolute atomic E-state index is 0.184. The van der Waals surface area contributed by atoms with E-state index in [1.165, 1.54) is 33.4 Å². The van der Waals surface area contributed by atoms with Crippen LogP contribution < -0.4 is 9.47 Å². The van der Waals surface area contributed by atoms with E-state index < -0.39 is 0 Å². The van der Waals surface area contributed by atoms with Crippen molar-refractivity contribution in [1.82, 2.24) is 0 Å². The summed E-state index contributed by atoms with van der Waals surface area (Å²) in [5.74, 6) is 3.55. The van der Waals surface area contributed by atoms with E-state index in [2.05, 4.69) is 93.5 Å². The third-order valence-electron chi connectivity index (χ3n) is 7.86. The molecule has 2 aliphatic rings. The van der Waals surface area contributed by atoms with Gasteiger partial charge in [-0.1, -0.05) is 93.5 Å². The molecule has 0 aliphatic carbocycles. The van der Waals surface area contributed by atoms with E-state index in [1.807, 2.05) is 0 Å². The van der Waals surface area contributed by atoms with Crippen molar-refractivity contribution < 1.29 is 18.9 Å². The third-order valence-corrected chi connectivity index (χ3v) is 7.86. The molecule has 2 aliphatic heterocycles. The average Bonchev–Trinajstić information content (AvgIpc) is 3.75.